The summed E-state index contributed by atoms with van der Waals surface area (Å²) in [4.78, 5) is 23.1. The first kappa shape index (κ1) is 18.6. The summed E-state index contributed by atoms with van der Waals surface area (Å²) in [6, 6.07) is 4.56. The largest absolute Gasteiger partial charge is 0.354 e. The second-order valence-electron chi connectivity index (χ2n) is 5.23. The van der Waals surface area contributed by atoms with Crippen molar-refractivity contribution in [3.05, 3.63) is 33.8 Å². The fourth-order valence-electron chi connectivity index (χ4n) is 1.74. The zero-order chi connectivity index (χ0) is 16.7. The molecule has 0 aliphatic heterocycles. The van der Waals surface area contributed by atoms with E-state index in [4.69, 9.17) is 23.2 Å². The standard InChI is InChI=1S/C15H21Cl2N3O2/c1-9(2)14(21)18-6-7-19-15(22)20-10(3)12-5-4-11(16)8-13(12)17/h4-5,8-10H,6-7H2,1-3H3,(H,18,21)(H2,19,20,22). The number of hydrogen-bond donors (Lipinski definition) is 3. The van der Waals surface area contributed by atoms with Crippen molar-refractivity contribution in [3.8, 4) is 0 Å². The molecule has 3 N–H and O–H groups in total. The third-order valence-electron chi connectivity index (χ3n) is 3.01. The normalized spacial score (nSPS) is 11.9. The molecule has 0 aliphatic carbocycles. The van der Waals surface area contributed by atoms with Crippen LogP contribution in [0, 0.1) is 5.92 Å². The first-order valence-corrected chi connectivity index (χ1v) is 7.84. The molecule has 1 rings (SSSR count). The minimum absolute atomic E-state index is 0.0384. The Labute approximate surface area is 140 Å². The Balaban J connectivity index is 2.37. The van der Waals surface area contributed by atoms with Crippen LogP contribution in [-0.2, 0) is 4.79 Å². The lowest BCUT2D eigenvalue weighted by Crippen LogP contribution is -2.41. The maximum absolute atomic E-state index is 11.8. The molecule has 0 bridgehead atoms. The molecular formula is C15H21Cl2N3O2. The summed E-state index contributed by atoms with van der Waals surface area (Å²) >= 11 is 11.9. The molecule has 1 aromatic rings. The van der Waals surface area contributed by atoms with Crippen LogP contribution in [0.2, 0.25) is 10.0 Å². The first-order chi connectivity index (χ1) is 10.3. The van der Waals surface area contributed by atoms with Crippen LogP contribution in [0.5, 0.6) is 0 Å². The third-order valence-corrected chi connectivity index (χ3v) is 3.57. The van der Waals surface area contributed by atoms with Gasteiger partial charge in [-0.2, -0.15) is 0 Å². The summed E-state index contributed by atoms with van der Waals surface area (Å²) in [5.41, 5.74) is 0.786. The highest BCUT2D eigenvalue weighted by molar-refractivity contribution is 6.35. The average Bonchev–Trinajstić information content (AvgIpc) is 2.42. The van der Waals surface area contributed by atoms with Crippen molar-refractivity contribution in [1.82, 2.24) is 16.0 Å². The van der Waals surface area contributed by atoms with Gasteiger partial charge in [0.25, 0.3) is 0 Å². The molecule has 0 radical (unpaired) electrons. The van der Waals surface area contributed by atoms with Crippen LogP contribution >= 0.6 is 23.2 Å². The van der Waals surface area contributed by atoms with E-state index in [1.54, 1.807) is 18.2 Å². The lowest BCUT2D eigenvalue weighted by atomic mass is 10.1. The summed E-state index contributed by atoms with van der Waals surface area (Å²) < 4.78 is 0. The van der Waals surface area contributed by atoms with Gasteiger partial charge in [0.1, 0.15) is 0 Å². The molecule has 0 spiro atoms. The van der Waals surface area contributed by atoms with E-state index in [9.17, 15) is 9.59 Å². The van der Waals surface area contributed by atoms with Crippen LogP contribution in [-0.4, -0.2) is 25.0 Å². The Kier molecular flexibility index (Phi) is 7.48. The molecule has 0 fully saturated rings. The number of benzene rings is 1. The zero-order valence-corrected chi connectivity index (χ0v) is 14.4. The zero-order valence-electron chi connectivity index (χ0n) is 12.9. The van der Waals surface area contributed by atoms with Crippen molar-refractivity contribution >= 4 is 35.1 Å². The van der Waals surface area contributed by atoms with Crippen molar-refractivity contribution < 1.29 is 9.59 Å². The highest BCUT2D eigenvalue weighted by atomic mass is 35.5. The molecule has 0 saturated heterocycles. The van der Waals surface area contributed by atoms with Gasteiger partial charge in [-0.1, -0.05) is 43.1 Å². The minimum atomic E-state index is -0.322. The second kappa shape index (κ2) is 8.86. The van der Waals surface area contributed by atoms with Crippen molar-refractivity contribution in [2.75, 3.05) is 13.1 Å². The van der Waals surface area contributed by atoms with Gasteiger partial charge in [0.2, 0.25) is 5.91 Å². The van der Waals surface area contributed by atoms with Crippen molar-refractivity contribution in [2.24, 2.45) is 5.92 Å². The number of urea groups is 1. The third kappa shape index (κ3) is 6.12. The predicted octanol–water partition coefficient (Wildman–Crippen LogP) is 3.13. The van der Waals surface area contributed by atoms with Crippen molar-refractivity contribution in [3.63, 3.8) is 0 Å². The number of rotatable bonds is 6. The number of amides is 3. The van der Waals surface area contributed by atoms with E-state index in [1.165, 1.54) is 0 Å². The molecule has 5 nitrogen and oxygen atoms in total. The van der Waals surface area contributed by atoms with Gasteiger partial charge in [0.05, 0.1) is 6.04 Å². The highest BCUT2D eigenvalue weighted by Gasteiger charge is 2.12. The molecule has 0 saturated carbocycles. The molecule has 1 atom stereocenters. The summed E-state index contributed by atoms with van der Waals surface area (Å²) in [6.45, 7) is 6.20. The van der Waals surface area contributed by atoms with E-state index in [0.29, 0.717) is 23.1 Å². The van der Waals surface area contributed by atoms with Gasteiger partial charge in [-0.05, 0) is 24.6 Å². The lowest BCUT2D eigenvalue weighted by Gasteiger charge is -2.16. The predicted molar refractivity (Wildman–Crippen MR) is 89.3 cm³/mol. The molecule has 0 heterocycles. The Hall–Kier alpha value is -1.46. The van der Waals surface area contributed by atoms with Crippen LogP contribution in [0.1, 0.15) is 32.4 Å². The average molecular weight is 346 g/mol. The van der Waals surface area contributed by atoms with Crippen LogP contribution in [0.3, 0.4) is 0 Å². The fraction of sp³-hybridized carbons (Fsp3) is 0.467. The van der Waals surface area contributed by atoms with E-state index >= 15 is 0 Å². The van der Waals surface area contributed by atoms with Gasteiger partial charge < -0.3 is 16.0 Å². The SMILES string of the molecule is CC(C)C(=O)NCCNC(=O)NC(C)c1ccc(Cl)cc1Cl. The summed E-state index contributed by atoms with van der Waals surface area (Å²) in [6.07, 6.45) is 0. The van der Waals surface area contributed by atoms with Crippen LogP contribution in [0.25, 0.3) is 0 Å². The molecule has 122 valence electrons. The van der Waals surface area contributed by atoms with Crippen molar-refractivity contribution in [2.45, 2.75) is 26.8 Å². The molecule has 0 aromatic heterocycles. The molecule has 1 aromatic carbocycles. The van der Waals surface area contributed by atoms with Gasteiger partial charge >= 0.3 is 6.03 Å². The van der Waals surface area contributed by atoms with Gasteiger partial charge in [0, 0.05) is 29.1 Å². The van der Waals surface area contributed by atoms with Gasteiger partial charge in [-0.15, -0.1) is 0 Å². The van der Waals surface area contributed by atoms with Crippen molar-refractivity contribution in [1.29, 1.82) is 0 Å². The second-order valence-corrected chi connectivity index (χ2v) is 6.08. The highest BCUT2D eigenvalue weighted by Crippen LogP contribution is 2.25. The minimum Gasteiger partial charge on any atom is -0.354 e. The van der Waals surface area contributed by atoms with E-state index in [0.717, 1.165) is 5.56 Å². The van der Waals surface area contributed by atoms with E-state index < -0.39 is 0 Å². The molecule has 1 unspecified atom stereocenters. The Morgan fingerprint density at radius 2 is 1.73 bits per heavy atom. The smallest absolute Gasteiger partial charge is 0.315 e. The van der Waals surface area contributed by atoms with Gasteiger partial charge in [-0.3, -0.25) is 4.79 Å². The number of hydrogen-bond acceptors (Lipinski definition) is 2. The topological polar surface area (TPSA) is 70.2 Å². The number of carbonyl (C=O) groups excluding carboxylic acids is 2. The first-order valence-electron chi connectivity index (χ1n) is 7.08. The lowest BCUT2D eigenvalue weighted by molar-refractivity contribution is -0.123. The number of carbonyl (C=O) groups is 2. The summed E-state index contributed by atoms with van der Waals surface area (Å²) in [5.74, 6) is -0.107. The Morgan fingerprint density at radius 3 is 2.32 bits per heavy atom. The maximum atomic E-state index is 11.8. The molecule has 22 heavy (non-hydrogen) atoms. The maximum Gasteiger partial charge on any atom is 0.315 e. The Morgan fingerprint density at radius 1 is 1.09 bits per heavy atom. The summed E-state index contributed by atoms with van der Waals surface area (Å²) in [7, 11) is 0. The van der Waals surface area contributed by atoms with Crippen LogP contribution in [0.4, 0.5) is 4.79 Å². The number of nitrogens with one attached hydrogen (secondary N) is 3. The van der Waals surface area contributed by atoms with E-state index in [1.807, 2.05) is 20.8 Å². The van der Waals surface area contributed by atoms with Crippen LogP contribution in [0.15, 0.2) is 18.2 Å². The summed E-state index contributed by atoms with van der Waals surface area (Å²) in [5, 5.41) is 9.22. The van der Waals surface area contributed by atoms with Gasteiger partial charge in [0.15, 0.2) is 0 Å². The monoisotopic (exact) mass is 345 g/mol. The van der Waals surface area contributed by atoms with E-state index in [-0.39, 0.29) is 23.9 Å². The van der Waals surface area contributed by atoms with Gasteiger partial charge in [-0.25, -0.2) is 4.79 Å². The number of halogens is 2. The fourth-order valence-corrected chi connectivity index (χ4v) is 2.32. The van der Waals surface area contributed by atoms with E-state index in [2.05, 4.69) is 16.0 Å². The molecule has 3 amide bonds. The van der Waals surface area contributed by atoms with Crippen LogP contribution < -0.4 is 16.0 Å². The molecule has 0 aliphatic rings. The Bertz CT molecular complexity index is 536. The quantitative estimate of drug-likeness (QED) is 0.693. The molecular weight excluding hydrogens is 325 g/mol. The molecule has 7 heteroatoms.